The molecule has 6 nitrogen and oxygen atoms in total. The van der Waals surface area contributed by atoms with Crippen LogP contribution in [0.5, 0.6) is 0 Å². The first-order valence-electron chi connectivity index (χ1n) is 6.24. The van der Waals surface area contributed by atoms with Crippen molar-refractivity contribution < 1.29 is 4.39 Å². The van der Waals surface area contributed by atoms with Crippen LogP contribution in [0.4, 0.5) is 21.8 Å². The van der Waals surface area contributed by atoms with E-state index in [0.717, 1.165) is 0 Å². The Kier molecular flexibility index (Phi) is 3.16. The van der Waals surface area contributed by atoms with Crippen LogP contribution in [0, 0.1) is 5.82 Å². The number of anilines is 3. The molecule has 0 saturated carbocycles. The van der Waals surface area contributed by atoms with Crippen LogP contribution in [0.1, 0.15) is 6.92 Å². The molecule has 2 aromatic heterocycles. The summed E-state index contributed by atoms with van der Waals surface area (Å²) in [6, 6.07) is 6.19. The summed E-state index contributed by atoms with van der Waals surface area (Å²) in [5, 5.41) is 6.11. The minimum Gasteiger partial charge on any atom is -0.354 e. The Bertz CT molecular complexity index is 739. The Morgan fingerprint density at radius 3 is 3.00 bits per heavy atom. The molecule has 20 heavy (non-hydrogen) atoms. The molecule has 0 amide bonds. The van der Waals surface area contributed by atoms with Crippen LogP contribution >= 0.6 is 0 Å². The maximum absolute atomic E-state index is 13.2. The molecule has 0 aliphatic heterocycles. The number of H-pyrrole nitrogens is 1. The van der Waals surface area contributed by atoms with Crippen LogP contribution in [-0.2, 0) is 0 Å². The Balaban J connectivity index is 2.02. The molecule has 0 aliphatic carbocycles. The van der Waals surface area contributed by atoms with Gasteiger partial charge in [0, 0.05) is 12.2 Å². The monoisotopic (exact) mass is 272 g/mol. The van der Waals surface area contributed by atoms with Crippen LogP contribution in [0.25, 0.3) is 11.2 Å². The van der Waals surface area contributed by atoms with E-state index < -0.39 is 0 Å². The Morgan fingerprint density at radius 1 is 1.30 bits per heavy atom. The molecule has 3 N–H and O–H groups in total. The molecular formula is C13H13FN6. The van der Waals surface area contributed by atoms with Gasteiger partial charge < -0.3 is 15.6 Å². The number of rotatable bonds is 4. The van der Waals surface area contributed by atoms with Crippen LogP contribution < -0.4 is 10.6 Å². The van der Waals surface area contributed by atoms with E-state index in [4.69, 9.17) is 0 Å². The lowest BCUT2D eigenvalue weighted by molar-refractivity contribution is 0.628. The zero-order chi connectivity index (χ0) is 13.9. The van der Waals surface area contributed by atoms with E-state index in [0.29, 0.717) is 35.2 Å². The van der Waals surface area contributed by atoms with Gasteiger partial charge in [-0.1, -0.05) is 6.07 Å². The fourth-order valence-electron chi connectivity index (χ4n) is 1.86. The topological polar surface area (TPSA) is 78.5 Å². The summed E-state index contributed by atoms with van der Waals surface area (Å²) >= 11 is 0. The van der Waals surface area contributed by atoms with Gasteiger partial charge >= 0.3 is 0 Å². The van der Waals surface area contributed by atoms with Gasteiger partial charge in [-0.3, -0.25) is 0 Å². The highest BCUT2D eigenvalue weighted by atomic mass is 19.1. The number of aromatic amines is 1. The normalized spacial score (nSPS) is 10.7. The number of hydrogen-bond donors (Lipinski definition) is 3. The van der Waals surface area contributed by atoms with Crippen molar-refractivity contribution in [2.45, 2.75) is 6.92 Å². The first-order chi connectivity index (χ1) is 9.76. The van der Waals surface area contributed by atoms with E-state index >= 15 is 0 Å². The molecule has 0 fully saturated rings. The Morgan fingerprint density at radius 2 is 2.20 bits per heavy atom. The fraction of sp³-hybridized carbons (Fsp3) is 0.154. The summed E-state index contributed by atoms with van der Waals surface area (Å²) in [7, 11) is 0. The van der Waals surface area contributed by atoms with E-state index in [1.165, 1.54) is 12.1 Å². The first kappa shape index (κ1) is 12.3. The van der Waals surface area contributed by atoms with Crippen molar-refractivity contribution in [2.24, 2.45) is 0 Å². The summed E-state index contributed by atoms with van der Waals surface area (Å²) in [4.78, 5) is 15.7. The third kappa shape index (κ3) is 2.37. The summed E-state index contributed by atoms with van der Waals surface area (Å²) in [5.74, 6) is 0.719. The molecule has 0 aliphatic rings. The average Bonchev–Trinajstić information content (AvgIpc) is 2.87. The number of fused-ring (bicyclic) bond motifs is 1. The van der Waals surface area contributed by atoms with Crippen molar-refractivity contribution in [3.63, 3.8) is 0 Å². The molecule has 0 saturated heterocycles. The molecule has 0 unspecified atom stereocenters. The summed E-state index contributed by atoms with van der Waals surface area (Å²) in [6.07, 6.45) is 1.55. The van der Waals surface area contributed by atoms with E-state index in [1.54, 1.807) is 18.5 Å². The molecular weight excluding hydrogens is 259 g/mol. The third-order valence-corrected chi connectivity index (χ3v) is 2.71. The third-order valence-electron chi connectivity index (χ3n) is 2.71. The van der Waals surface area contributed by atoms with Crippen LogP contribution in [0.3, 0.4) is 0 Å². The highest BCUT2D eigenvalue weighted by molar-refractivity contribution is 5.85. The number of aromatic nitrogens is 4. The SMILES string of the molecule is CCNc1nc(Nc2cccc(F)c2)c2[nH]cnc2n1. The highest BCUT2D eigenvalue weighted by Crippen LogP contribution is 2.23. The Labute approximate surface area is 114 Å². The second-order valence-corrected chi connectivity index (χ2v) is 4.16. The van der Waals surface area contributed by atoms with E-state index in [9.17, 15) is 4.39 Å². The van der Waals surface area contributed by atoms with Gasteiger partial charge in [0.1, 0.15) is 11.3 Å². The molecule has 0 bridgehead atoms. The zero-order valence-corrected chi connectivity index (χ0v) is 10.8. The Hall–Kier alpha value is -2.70. The van der Waals surface area contributed by atoms with Gasteiger partial charge in [-0.15, -0.1) is 0 Å². The predicted octanol–water partition coefficient (Wildman–Crippen LogP) is 2.67. The van der Waals surface area contributed by atoms with Crippen molar-refractivity contribution in [1.29, 1.82) is 0 Å². The first-order valence-corrected chi connectivity index (χ1v) is 6.24. The minimum absolute atomic E-state index is 0.309. The summed E-state index contributed by atoms with van der Waals surface area (Å²) in [5.41, 5.74) is 1.84. The van der Waals surface area contributed by atoms with Gasteiger partial charge in [0.25, 0.3) is 0 Å². The zero-order valence-electron chi connectivity index (χ0n) is 10.8. The lowest BCUT2D eigenvalue weighted by Crippen LogP contribution is -2.05. The van der Waals surface area contributed by atoms with E-state index in [-0.39, 0.29) is 5.82 Å². The van der Waals surface area contributed by atoms with Crippen molar-refractivity contribution in [1.82, 2.24) is 19.9 Å². The maximum atomic E-state index is 13.2. The highest BCUT2D eigenvalue weighted by Gasteiger charge is 2.10. The number of imidazole rings is 1. The second-order valence-electron chi connectivity index (χ2n) is 4.16. The van der Waals surface area contributed by atoms with Crippen molar-refractivity contribution in [3.05, 3.63) is 36.4 Å². The molecule has 2 heterocycles. The quantitative estimate of drug-likeness (QED) is 0.680. The average molecular weight is 272 g/mol. The van der Waals surface area contributed by atoms with Crippen molar-refractivity contribution >= 4 is 28.6 Å². The van der Waals surface area contributed by atoms with Gasteiger partial charge in [-0.2, -0.15) is 9.97 Å². The number of benzene rings is 1. The standard InChI is InChI=1S/C13H13FN6/c1-2-15-13-19-11-10(16-7-17-11)12(20-13)18-9-5-3-4-8(14)6-9/h3-7H,2H2,1H3,(H3,15,16,17,18,19,20). The van der Waals surface area contributed by atoms with Crippen LogP contribution in [0.2, 0.25) is 0 Å². The molecule has 102 valence electrons. The van der Waals surface area contributed by atoms with Crippen LogP contribution in [-0.4, -0.2) is 26.5 Å². The summed E-state index contributed by atoms with van der Waals surface area (Å²) in [6.45, 7) is 2.66. The molecule has 3 aromatic rings. The number of halogens is 1. The lowest BCUT2D eigenvalue weighted by Gasteiger charge is -2.08. The molecule has 0 radical (unpaired) electrons. The molecule has 7 heteroatoms. The number of nitrogens with one attached hydrogen (secondary N) is 3. The van der Waals surface area contributed by atoms with Gasteiger partial charge in [-0.05, 0) is 25.1 Å². The predicted molar refractivity (Wildman–Crippen MR) is 75.5 cm³/mol. The van der Waals surface area contributed by atoms with Gasteiger partial charge in [0.2, 0.25) is 5.95 Å². The number of hydrogen-bond acceptors (Lipinski definition) is 5. The van der Waals surface area contributed by atoms with Gasteiger partial charge in [0.05, 0.1) is 6.33 Å². The molecule has 0 spiro atoms. The van der Waals surface area contributed by atoms with Gasteiger partial charge in [0.15, 0.2) is 11.5 Å². The fourth-order valence-corrected chi connectivity index (χ4v) is 1.86. The van der Waals surface area contributed by atoms with E-state index in [1.807, 2.05) is 6.92 Å². The summed E-state index contributed by atoms with van der Waals surface area (Å²) < 4.78 is 13.2. The van der Waals surface area contributed by atoms with Crippen LogP contribution in [0.15, 0.2) is 30.6 Å². The molecule has 0 atom stereocenters. The lowest BCUT2D eigenvalue weighted by atomic mass is 10.3. The number of nitrogens with zero attached hydrogens (tertiary/aromatic N) is 3. The minimum atomic E-state index is -0.309. The maximum Gasteiger partial charge on any atom is 0.226 e. The van der Waals surface area contributed by atoms with Crippen molar-refractivity contribution in [3.8, 4) is 0 Å². The second kappa shape index (κ2) is 5.12. The smallest absolute Gasteiger partial charge is 0.226 e. The van der Waals surface area contributed by atoms with Crippen molar-refractivity contribution in [2.75, 3.05) is 17.2 Å². The van der Waals surface area contributed by atoms with E-state index in [2.05, 4.69) is 30.6 Å². The van der Waals surface area contributed by atoms with Gasteiger partial charge in [-0.25, -0.2) is 9.37 Å². The molecule has 1 aromatic carbocycles. The largest absolute Gasteiger partial charge is 0.354 e. The molecule has 3 rings (SSSR count).